The van der Waals surface area contributed by atoms with Crippen molar-refractivity contribution in [3.63, 3.8) is 0 Å². The Bertz CT molecular complexity index is 1670. The van der Waals surface area contributed by atoms with Crippen molar-refractivity contribution in [2.45, 2.75) is 39.7 Å². The zero-order valence-corrected chi connectivity index (χ0v) is 22.9. The summed E-state index contributed by atoms with van der Waals surface area (Å²) < 4.78 is 16.3. The molecule has 2 aromatic heterocycles. The Morgan fingerprint density at radius 3 is 2.62 bits per heavy atom. The average molecular weight is 550 g/mol. The maximum absolute atomic E-state index is 14.9. The van der Waals surface area contributed by atoms with E-state index in [2.05, 4.69) is 15.2 Å². The van der Waals surface area contributed by atoms with Crippen LogP contribution in [-0.2, 0) is 0 Å². The summed E-state index contributed by atoms with van der Waals surface area (Å²) in [5.41, 5.74) is 1.98. The highest BCUT2D eigenvalue weighted by atomic mass is 35.5. The summed E-state index contributed by atoms with van der Waals surface area (Å²) in [6.45, 7) is 9.72. The fraction of sp³-hybridized carbons (Fsp3) is 0.310. The fourth-order valence-corrected chi connectivity index (χ4v) is 5.45. The summed E-state index contributed by atoms with van der Waals surface area (Å²) in [4.78, 5) is 37.1. The van der Waals surface area contributed by atoms with Crippen LogP contribution in [0.5, 0.6) is 0 Å². The number of aromatic carboxylic acids is 1. The molecule has 1 aliphatic rings. The van der Waals surface area contributed by atoms with Crippen molar-refractivity contribution in [3.8, 4) is 16.9 Å². The van der Waals surface area contributed by atoms with Crippen LogP contribution in [0, 0.1) is 12.7 Å². The molecule has 1 saturated heterocycles. The molecule has 2 N–H and O–H groups in total. The number of hydrogen-bond donors (Lipinski definition) is 2. The van der Waals surface area contributed by atoms with Crippen molar-refractivity contribution in [3.05, 3.63) is 80.5 Å². The Morgan fingerprint density at radius 2 is 1.95 bits per heavy atom. The van der Waals surface area contributed by atoms with Gasteiger partial charge in [-0.2, -0.15) is 4.98 Å². The lowest BCUT2D eigenvalue weighted by Gasteiger charge is -2.35. The van der Waals surface area contributed by atoms with Gasteiger partial charge in [-0.25, -0.2) is 23.5 Å². The molecule has 0 radical (unpaired) electrons. The second-order valence-corrected chi connectivity index (χ2v) is 10.6. The van der Waals surface area contributed by atoms with E-state index in [1.807, 2.05) is 20.8 Å². The van der Waals surface area contributed by atoms with Gasteiger partial charge in [0.25, 0.3) is 0 Å². The standard InChI is InChI=1S/C29H29ClFN5O3/c1-15(2)20-12-18(28(37)38)11-16(3)25(20)36-27-21(26(34-29(36)39)35-10-9-32-14-17(35)4)13-22(30)24(33-27)19-7-5-6-8-23(19)31/h5-8,11-13,15,17,32H,9-10,14H2,1-4H3,(H,37,38). The van der Waals surface area contributed by atoms with E-state index in [0.717, 1.165) is 6.54 Å². The van der Waals surface area contributed by atoms with Gasteiger partial charge in [0.05, 0.1) is 27.4 Å². The first kappa shape index (κ1) is 26.8. The first-order chi connectivity index (χ1) is 18.6. The summed E-state index contributed by atoms with van der Waals surface area (Å²) in [5.74, 6) is -1.21. The number of aromatic nitrogens is 3. The van der Waals surface area contributed by atoms with Gasteiger partial charge in [0.15, 0.2) is 5.65 Å². The van der Waals surface area contributed by atoms with Crippen LogP contribution in [0.3, 0.4) is 0 Å². The van der Waals surface area contributed by atoms with E-state index in [9.17, 15) is 19.1 Å². The molecule has 39 heavy (non-hydrogen) atoms. The summed E-state index contributed by atoms with van der Waals surface area (Å²) in [6, 6.07) is 11.0. The number of fused-ring (bicyclic) bond motifs is 1. The highest BCUT2D eigenvalue weighted by Crippen LogP contribution is 2.36. The number of rotatable bonds is 5. The lowest BCUT2D eigenvalue weighted by atomic mass is 9.95. The minimum absolute atomic E-state index is 0.0533. The number of hydrogen-bond acceptors (Lipinski definition) is 6. The summed E-state index contributed by atoms with van der Waals surface area (Å²) in [7, 11) is 0. The van der Waals surface area contributed by atoms with Crippen LogP contribution in [0.25, 0.3) is 28.0 Å². The van der Waals surface area contributed by atoms with E-state index in [0.29, 0.717) is 41.1 Å². The number of carboxylic acids is 1. The van der Waals surface area contributed by atoms with E-state index in [1.54, 1.807) is 37.3 Å². The lowest BCUT2D eigenvalue weighted by molar-refractivity contribution is 0.0696. The number of carbonyl (C=O) groups is 1. The zero-order chi connectivity index (χ0) is 28.0. The second-order valence-electron chi connectivity index (χ2n) is 10.2. The summed E-state index contributed by atoms with van der Waals surface area (Å²) >= 11 is 6.72. The smallest absolute Gasteiger partial charge is 0.355 e. The van der Waals surface area contributed by atoms with Crippen molar-refractivity contribution in [2.75, 3.05) is 24.5 Å². The molecule has 1 fully saturated rings. The van der Waals surface area contributed by atoms with Gasteiger partial charge in [-0.3, -0.25) is 0 Å². The van der Waals surface area contributed by atoms with Gasteiger partial charge in [-0.1, -0.05) is 37.6 Å². The highest BCUT2D eigenvalue weighted by Gasteiger charge is 2.27. The number of anilines is 1. The van der Waals surface area contributed by atoms with E-state index in [1.165, 1.54) is 16.7 Å². The molecule has 1 atom stereocenters. The normalized spacial score (nSPS) is 15.8. The first-order valence-electron chi connectivity index (χ1n) is 12.8. The van der Waals surface area contributed by atoms with Crippen LogP contribution >= 0.6 is 11.6 Å². The Morgan fingerprint density at radius 1 is 1.21 bits per heavy atom. The van der Waals surface area contributed by atoms with E-state index in [-0.39, 0.29) is 39.5 Å². The lowest BCUT2D eigenvalue weighted by Crippen LogP contribution is -2.50. The molecule has 0 bridgehead atoms. The number of carboxylic acid groups (broad SMARTS) is 1. The van der Waals surface area contributed by atoms with Crippen LogP contribution in [-0.4, -0.2) is 51.3 Å². The Labute approximate surface area is 230 Å². The molecular weight excluding hydrogens is 521 g/mol. The summed E-state index contributed by atoms with van der Waals surface area (Å²) in [6.07, 6.45) is 0. The topological polar surface area (TPSA) is 100 Å². The second kappa shape index (κ2) is 10.4. The molecule has 2 aromatic carbocycles. The molecule has 1 aliphatic heterocycles. The fourth-order valence-electron chi connectivity index (χ4n) is 5.20. The first-order valence-corrected chi connectivity index (χ1v) is 13.2. The molecule has 3 heterocycles. The number of nitrogens with one attached hydrogen (secondary N) is 1. The largest absolute Gasteiger partial charge is 0.478 e. The van der Waals surface area contributed by atoms with E-state index in [4.69, 9.17) is 16.6 Å². The molecular formula is C29H29ClFN5O3. The Hall–Kier alpha value is -3.82. The van der Waals surface area contributed by atoms with Crippen LogP contribution in [0.4, 0.5) is 10.2 Å². The number of aryl methyl sites for hydroxylation is 1. The van der Waals surface area contributed by atoms with Crippen LogP contribution in [0.15, 0.2) is 47.3 Å². The van der Waals surface area contributed by atoms with Gasteiger partial charge < -0.3 is 15.3 Å². The minimum atomic E-state index is -1.06. The maximum Gasteiger partial charge on any atom is 0.355 e. The van der Waals surface area contributed by atoms with Crippen molar-refractivity contribution >= 4 is 34.4 Å². The van der Waals surface area contributed by atoms with Gasteiger partial charge in [-0.15, -0.1) is 0 Å². The summed E-state index contributed by atoms with van der Waals surface area (Å²) in [5, 5.41) is 13.8. The number of halogens is 2. The third kappa shape index (κ3) is 4.77. The SMILES string of the molecule is Cc1cc(C(=O)O)cc(C(C)C)c1-n1c(=O)nc(N2CCNCC2C)c2cc(Cl)c(-c3ccccc3F)nc21. The molecule has 8 nitrogen and oxygen atoms in total. The zero-order valence-electron chi connectivity index (χ0n) is 22.1. The van der Waals surface area contributed by atoms with Gasteiger partial charge in [0.2, 0.25) is 0 Å². The highest BCUT2D eigenvalue weighted by molar-refractivity contribution is 6.33. The van der Waals surface area contributed by atoms with Crippen molar-refractivity contribution in [1.82, 2.24) is 19.9 Å². The molecule has 4 aromatic rings. The molecule has 0 spiro atoms. The number of nitrogens with zero attached hydrogens (tertiary/aromatic N) is 4. The Balaban J connectivity index is 1.91. The van der Waals surface area contributed by atoms with Crippen molar-refractivity contribution < 1.29 is 14.3 Å². The average Bonchev–Trinajstić information content (AvgIpc) is 2.89. The van der Waals surface area contributed by atoms with Gasteiger partial charge >= 0.3 is 11.7 Å². The minimum Gasteiger partial charge on any atom is -0.478 e. The molecule has 0 aliphatic carbocycles. The van der Waals surface area contributed by atoms with Crippen molar-refractivity contribution in [2.24, 2.45) is 0 Å². The third-order valence-electron chi connectivity index (χ3n) is 7.13. The molecule has 10 heteroatoms. The molecule has 202 valence electrons. The Kier molecular flexibility index (Phi) is 7.13. The van der Waals surface area contributed by atoms with Gasteiger partial charge in [0.1, 0.15) is 11.6 Å². The van der Waals surface area contributed by atoms with Gasteiger partial charge in [0, 0.05) is 31.2 Å². The van der Waals surface area contributed by atoms with Gasteiger partial charge in [-0.05, 0) is 61.2 Å². The van der Waals surface area contributed by atoms with Crippen LogP contribution in [0.2, 0.25) is 5.02 Å². The predicted octanol–water partition coefficient (Wildman–Crippen LogP) is 5.17. The number of pyridine rings is 1. The molecule has 0 amide bonds. The van der Waals surface area contributed by atoms with Crippen molar-refractivity contribution in [1.29, 1.82) is 0 Å². The molecule has 0 saturated carbocycles. The predicted molar refractivity (Wildman–Crippen MR) is 151 cm³/mol. The number of benzene rings is 2. The van der Waals surface area contributed by atoms with E-state index < -0.39 is 17.5 Å². The third-order valence-corrected chi connectivity index (χ3v) is 7.41. The molecule has 1 unspecified atom stereocenters. The molecule has 5 rings (SSSR count). The monoisotopic (exact) mass is 549 g/mol. The van der Waals surface area contributed by atoms with E-state index >= 15 is 0 Å². The number of piperazine rings is 1. The quantitative estimate of drug-likeness (QED) is 0.354. The van der Waals surface area contributed by atoms with Crippen LogP contribution in [0.1, 0.15) is 48.2 Å². The maximum atomic E-state index is 14.9. The van der Waals surface area contributed by atoms with Crippen LogP contribution < -0.4 is 15.9 Å².